The van der Waals surface area contributed by atoms with Gasteiger partial charge in [-0.1, -0.05) is 6.58 Å². The van der Waals surface area contributed by atoms with Crippen molar-refractivity contribution in [3.05, 3.63) is 12.2 Å². The van der Waals surface area contributed by atoms with Gasteiger partial charge < -0.3 is 9.47 Å². The molecule has 0 aliphatic rings. The first-order valence-electron chi connectivity index (χ1n) is 3.43. The minimum absolute atomic E-state index is 0.00577. The van der Waals surface area contributed by atoms with E-state index in [-0.39, 0.29) is 18.6 Å². The number of esters is 1. The predicted octanol–water partition coefficient (Wildman–Crippen LogP) is 0.646. The van der Waals surface area contributed by atoms with Crippen molar-refractivity contribution in [2.75, 3.05) is 20.3 Å². The number of carbonyl (C=O) groups is 1. The molecule has 0 rings (SSSR count). The second-order valence-electron chi connectivity index (χ2n) is 2.07. The van der Waals surface area contributed by atoms with E-state index in [9.17, 15) is 4.79 Å². The van der Waals surface area contributed by atoms with Crippen molar-refractivity contribution in [3.63, 3.8) is 0 Å². The van der Waals surface area contributed by atoms with E-state index in [4.69, 9.17) is 5.26 Å². The summed E-state index contributed by atoms with van der Waals surface area (Å²) >= 11 is 0. The number of hydrogen-bond acceptors (Lipinski definition) is 4. The summed E-state index contributed by atoms with van der Waals surface area (Å²) in [4.78, 5) is 10.9. The maximum Gasteiger partial charge on any atom is 0.334 e. The molecule has 0 unspecified atom stereocenters. The van der Waals surface area contributed by atoms with E-state index in [1.165, 1.54) is 7.11 Å². The Morgan fingerprint density at radius 3 is 2.75 bits per heavy atom. The van der Waals surface area contributed by atoms with Crippen LogP contribution < -0.4 is 0 Å². The molecule has 0 aromatic heterocycles. The zero-order valence-electron chi connectivity index (χ0n) is 7.00. The summed E-state index contributed by atoms with van der Waals surface area (Å²) in [5, 5.41) is 8.21. The Kier molecular flexibility index (Phi) is 5.66. The second kappa shape index (κ2) is 6.38. The average molecular weight is 169 g/mol. The van der Waals surface area contributed by atoms with Gasteiger partial charge in [-0.05, 0) is 0 Å². The van der Waals surface area contributed by atoms with Crippen LogP contribution in [0.5, 0.6) is 0 Å². The molecule has 12 heavy (non-hydrogen) atoms. The molecule has 0 aromatic rings. The van der Waals surface area contributed by atoms with Crippen LogP contribution in [0.3, 0.4) is 0 Å². The number of carbonyl (C=O) groups excluding carboxylic acids is 1. The van der Waals surface area contributed by atoms with E-state index in [1.807, 2.05) is 6.07 Å². The van der Waals surface area contributed by atoms with Gasteiger partial charge in [-0.3, -0.25) is 0 Å². The molecule has 0 saturated heterocycles. The van der Waals surface area contributed by atoms with Gasteiger partial charge in [-0.2, -0.15) is 5.26 Å². The molecule has 4 heteroatoms. The SMILES string of the molecule is C=C(CC#N)C(=O)OCCOC. The lowest BCUT2D eigenvalue weighted by atomic mass is 10.2. The zero-order chi connectivity index (χ0) is 9.40. The smallest absolute Gasteiger partial charge is 0.334 e. The van der Waals surface area contributed by atoms with Gasteiger partial charge in [0, 0.05) is 12.7 Å². The third-order valence-corrected chi connectivity index (χ3v) is 1.10. The van der Waals surface area contributed by atoms with Crippen molar-refractivity contribution in [3.8, 4) is 6.07 Å². The summed E-state index contributed by atoms with van der Waals surface area (Å²) in [6.45, 7) is 3.93. The maximum atomic E-state index is 10.9. The molecule has 0 aromatic carbocycles. The molecule has 0 fully saturated rings. The van der Waals surface area contributed by atoms with Crippen molar-refractivity contribution in [1.82, 2.24) is 0 Å². The Morgan fingerprint density at radius 1 is 1.58 bits per heavy atom. The molecule has 0 aliphatic heterocycles. The van der Waals surface area contributed by atoms with E-state index in [1.54, 1.807) is 0 Å². The highest BCUT2D eigenvalue weighted by atomic mass is 16.6. The van der Waals surface area contributed by atoms with Crippen molar-refractivity contribution in [2.45, 2.75) is 6.42 Å². The predicted molar refractivity (Wildman–Crippen MR) is 42.2 cm³/mol. The van der Waals surface area contributed by atoms with Crippen LogP contribution in [0, 0.1) is 11.3 Å². The van der Waals surface area contributed by atoms with Crippen LogP contribution >= 0.6 is 0 Å². The molecule has 0 radical (unpaired) electrons. The van der Waals surface area contributed by atoms with Gasteiger partial charge in [0.25, 0.3) is 0 Å². The summed E-state index contributed by atoms with van der Waals surface area (Å²) in [5.74, 6) is -0.534. The molecular formula is C8H11NO3. The normalized spacial score (nSPS) is 8.67. The van der Waals surface area contributed by atoms with Gasteiger partial charge in [-0.25, -0.2) is 4.79 Å². The van der Waals surface area contributed by atoms with E-state index in [0.717, 1.165) is 0 Å². The molecular weight excluding hydrogens is 158 g/mol. The molecule has 66 valence electrons. The van der Waals surface area contributed by atoms with Crippen LogP contribution in [-0.4, -0.2) is 26.3 Å². The van der Waals surface area contributed by atoms with Gasteiger partial charge in [-0.15, -0.1) is 0 Å². The first kappa shape index (κ1) is 10.7. The first-order valence-corrected chi connectivity index (χ1v) is 3.43. The quantitative estimate of drug-likeness (QED) is 0.344. The number of ether oxygens (including phenoxy) is 2. The Hall–Kier alpha value is -1.34. The number of nitriles is 1. The topological polar surface area (TPSA) is 59.3 Å². The summed E-state index contributed by atoms with van der Waals surface area (Å²) < 4.78 is 9.34. The largest absolute Gasteiger partial charge is 0.460 e. The van der Waals surface area contributed by atoms with E-state index in [2.05, 4.69) is 16.1 Å². The van der Waals surface area contributed by atoms with Crippen molar-refractivity contribution >= 4 is 5.97 Å². The molecule has 0 N–H and O–H groups in total. The molecule has 0 atom stereocenters. The fraction of sp³-hybridized carbons (Fsp3) is 0.500. The molecule has 0 bridgehead atoms. The summed E-state index contributed by atoms with van der Waals surface area (Å²) in [6.07, 6.45) is 0.00577. The van der Waals surface area contributed by atoms with Crippen LogP contribution in [0.15, 0.2) is 12.2 Å². The standard InChI is InChI=1S/C8H11NO3/c1-7(3-4-9)8(10)12-6-5-11-2/h1,3,5-6H2,2H3. The highest BCUT2D eigenvalue weighted by Crippen LogP contribution is 1.98. The van der Waals surface area contributed by atoms with Crippen LogP contribution in [0.2, 0.25) is 0 Å². The highest BCUT2D eigenvalue weighted by Gasteiger charge is 2.06. The Morgan fingerprint density at radius 2 is 2.25 bits per heavy atom. The summed E-state index contributed by atoms with van der Waals surface area (Å²) in [5.41, 5.74) is 0.175. The third kappa shape index (κ3) is 4.47. The Bertz CT molecular complexity index is 205. The van der Waals surface area contributed by atoms with Gasteiger partial charge in [0.05, 0.1) is 19.1 Å². The van der Waals surface area contributed by atoms with Crippen molar-refractivity contribution in [2.24, 2.45) is 0 Å². The zero-order valence-corrected chi connectivity index (χ0v) is 7.00. The Balaban J connectivity index is 3.59. The first-order chi connectivity index (χ1) is 5.72. The lowest BCUT2D eigenvalue weighted by Gasteiger charge is -2.02. The highest BCUT2D eigenvalue weighted by molar-refractivity contribution is 5.88. The van der Waals surface area contributed by atoms with E-state index >= 15 is 0 Å². The van der Waals surface area contributed by atoms with Crippen LogP contribution in [0.25, 0.3) is 0 Å². The number of hydrogen-bond donors (Lipinski definition) is 0. The third-order valence-electron chi connectivity index (χ3n) is 1.10. The van der Waals surface area contributed by atoms with Gasteiger partial charge in [0.1, 0.15) is 6.61 Å². The number of methoxy groups -OCH3 is 1. The molecule has 0 aliphatic carbocycles. The van der Waals surface area contributed by atoms with Crippen molar-refractivity contribution < 1.29 is 14.3 Å². The lowest BCUT2D eigenvalue weighted by Crippen LogP contribution is -2.10. The van der Waals surface area contributed by atoms with Crippen LogP contribution in [-0.2, 0) is 14.3 Å². The van der Waals surface area contributed by atoms with Crippen molar-refractivity contribution in [1.29, 1.82) is 5.26 Å². The minimum Gasteiger partial charge on any atom is -0.460 e. The van der Waals surface area contributed by atoms with E-state index in [0.29, 0.717) is 6.61 Å². The van der Waals surface area contributed by atoms with Gasteiger partial charge in [0.15, 0.2) is 0 Å². The van der Waals surface area contributed by atoms with E-state index < -0.39 is 5.97 Å². The average Bonchev–Trinajstić information content (AvgIpc) is 2.05. The van der Waals surface area contributed by atoms with Crippen LogP contribution in [0.4, 0.5) is 0 Å². The second-order valence-corrected chi connectivity index (χ2v) is 2.07. The fourth-order valence-corrected chi connectivity index (χ4v) is 0.487. The molecule has 0 saturated carbocycles. The fourth-order valence-electron chi connectivity index (χ4n) is 0.487. The van der Waals surface area contributed by atoms with Gasteiger partial charge in [0.2, 0.25) is 0 Å². The molecule has 0 heterocycles. The summed E-state index contributed by atoms with van der Waals surface area (Å²) in [6, 6.07) is 1.81. The molecule has 0 amide bonds. The lowest BCUT2D eigenvalue weighted by molar-refractivity contribution is -0.140. The van der Waals surface area contributed by atoms with Gasteiger partial charge >= 0.3 is 5.97 Å². The molecule has 0 spiro atoms. The number of rotatable bonds is 5. The minimum atomic E-state index is -0.534. The monoisotopic (exact) mass is 169 g/mol. The maximum absolute atomic E-state index is 10.9. The van der Waals surface area contributed by atoms with Crippen LogP contribution in [0.1, 0.15) is 6.42 Å². The Labute approximate surface area is 71.4 Å². The molecule has 4 nitrogen and oxygen atoms in total. The number of nitrogens with zero attached hydrogens (tertiary/aromatic N) is 1. The summed E-state index contributed by atoms with van der Waals surface area (Å²) in [7, 11) is 1.51.